The second kappa shape index (κ2) is 11.2. The van der Waals surface area contributed by atoms with E-state index in [9.17, 15) is 14.4 Å². The third-order valence-corrected chi connectivity index (χ3v) is 6.98. The van der Waals surface area contributed by atoms with Crippen LogP contribution in [0.3, 0.4) is 0 Å². The predicted molar refractivity (Wildman–Crippen MR) is 133 cm³/mol. The highest BCUT2D eigenvalue weighted by atomic mass is 32.2. The number of para-hydroxylation sites is 1. The average Bonchev–Trinajstić information content (AvgIpc) is 3.23. The monoisotopic (exact) mass is 480 g/mol. The minimum Gasteiger partial charge on any atom is -0.496 e. The lowest BCUT2D eigenvalue weighted by atomic mass is 10.1. The number of thioether (sulfide) groups is 1. The number of anilines is 1. The van der Waals surface area contributed by atoms with Gasteiger partial charge in [0.2, 0.25) is 5.91 Å². The number of carbonyl (C=O) groups excluding carboxylic acids is 3. The van der Waals surface area contributed by atoms with Gasteiger partial charge in [-0.25, -0.2) is 0 Å². The second-order valence-electron chi connectivity index (χ2n) is 8.21. The second-order valence-corrected chi connectivity index (χ2v) is 9.38. The highest BCUT2D eigenvalue weighted by Gasteiger charge is 2.33. The van der Waals surface area contributed by atoms with Crippen LogP contribution in [0.25, 0.3) is 0 Å². The van der Waals surface area contributed by atoms with Crippen molar-refractivity contribution in [1.29, 1.82) is 0 Å². The van der Waals surface area contributed by atoms with Gasteiger partial charge in [0.05, 0.1) is 7.11 Å². The van der Waals surface area contributed by atoms with Gasteiger partial charge in [-0.3, -0.25) is 14.4 Å². The lowest BCUT2D eigenvalue weighted by Gasteiger charge is -2.27. The molecule has 8 nitrogen and oxygen atoms in total. The van der Waals surface area contributed by atoms with E-state index in [1.54, 1.807) is 31.4 Å². The molecule has 1 fully saturated rings. The van der Waals surface area contributed by atoms with Crippen LogP contribution in [-0.2, 0) is 16.1 Å². The first-order valence-corrected chi connectivity index (χ1v) is 12.3. The van der Waals surface area contributed by atoms with E-state index in [2.05, 4.69) is 20.5 Å². The number of hydrogen-bond acceptors (Lipinski definition) is 6. The van der Waals surface area contributed by atoms with Gasteiger partial charge >= 0.3 is 0 Å². The molecule has 9 heteroatoms. The van der Waals surface area contributed by atoms with Crippen LogP contribution in [0.5, 0.6) is 5.75 Å². The molecule has 0 bridgehead atoms. The Bertz CT molecular complexity index is 1100. The lowest BCUT2D eigenvalue weighted by molar-refractivity contribution is -0.121. The SMILES string of the molecule is COc1ccccc1CNC(=O)c1cccc(NC(=O)C[C@@H]2SC(N3CCCCC3)=NC2=O)c1. The number of ether oxygens (including phenoxy) is 1. The maximum absolute atomic E-state index is 12.6. The van der Waals surface area contributed by atoms with Gasteiger partial charge in [0.25, 0.3) is 11.8 Å². The molecule has 0 aromatic heterocycles. The zero-order valence-corrected chi connectivity index (χ0v) is 19.9. The number of nitrogens with zero attached hydrogens (tertiary/aromatic N) is 2. The van der Waals surface area contributed by atoms with Crippen molar-refractivity contribution in [2.75, 3.05) is 25.5 Å². The van der Waals surface area contributed by atoms with Crippen molar-refractivity contribution < 1.29 is 19.1 Å². The van der Waals surface area contributed by atoms with Gasteiger partial charge in [0, 0.05) is 42.9 Å². The molecule has 0 saturated carbocycles. The predicted octanol–water partition coefficient (Wildman–Crippen LogP) is 3.44. The van der Waals surface area contributed by atoms with Crippen LogP contribution in [0.4, 0.5) is 5.69 Å². The summed E-state index contributed by atoms with van der Waals surface area (Å²) in [6.45, 7) is 2.13. The molecule has 1 saturated heterocycles. The summed E-state index contributed by atoms with van der Waals surface area (Å²) >= 11 is 1.37. The summed E-state index contributed by atoms with van der Waals surface area (Å²) < 4.78 is 5.31. The first-order valence-electron chi connectivity index (χ1n) is 11.4. The van der Waals surface area contributed by atoms with Gasteiger partial charge in [-0.05, 0) is 43.5 Å². The van der Waals surface area contributed by atoms with E-state index in [4.69, 9.17) is 4.74 Å². The van der Waals surface area contributed by atoms with Crippen LogP contribution in [0.15, 0.2) is 53.5 Å². The van der Waals surface area contributed by atoms with E-state index in [-0.39, 0.29) is 24.1 Å². The summed E-state index contributed by atoms with van der Waals surface area (Å²) in [5.74, 6) is -0.101. The minimum atomic E-state index is -0.510. The number of rotatable bonds is 7. The molecule has 2 aromatic carbocycles. The molecule has 1 atom stereocenters. The average molecular weight is 481 g/mol. The summed E-state index contributed by atoms with van der Waals surface area (Å²) in [6, 6.07) is 14.2. The minimum absolute atomic E-state index is 0.0363. The third kappa shape index (κ3) is 5.96. The van der Waals surface area contributed by atoms with E-state index >= 15 is 0 Å². The fourth-order valence-electron chi connectivity index (χ4n) is 3.97. The number of amidine groups is 1. The zero-order chi connectivity index (χ0) is 23.9. The largest absolute Gasteiger partial charge is 0.496 e. The molecular weight excluding hydrogens is 452 g/mol. The van der Waals surface area contributed by atoms with Gasteiger partial charge in [0.1, 0.15) is 11.0 Å². The summed E-state index contributed by atoms with van der Waals surface area (Å²) in [4.78, 5) is 43.9. The third-order valence-electron chi connectivity index (χ3n) is 5.77. The number of nitrogens with one attached hydrogen (secondary N) is 2. The van der Waals surface area contributed by atoms with Crippen molar-refractivity contribution >= 4 is 40.3 Å². The van der Waals surface area contributed by atoms with Crippen molar-refractivity contribution in [1.82, 2.24) is 10.2 Å². The smallest absolute Gasteiger partial charge is 0.262 e. The van der Waals surface area contributed by atoms with Crippen molar-refractivity contribution in [2.45, 2.75) is 37.5 Å². The number of likely N-dealkylation sites (tertiary alicyclic amines) is 1. The highest BCUT2D eigenvalue weighted by Crippen LogP contribution is 2.29. The Morgan fingerprint density at radius 1 is 1.12 bits per heavy atom. The summed E-state index contributed by atoms with van der Waals surface area (Å²) in [5, 5.41) is 5.90. The van der Waals surface area contributed by atoms with Crippen molar-refractivity contribution in [3.63, 3.8) is 0 Å². The fourth-order valence-corrected chi connectivity index (χ4v) is 5.09. The van der Waals surface area contributed by atoms with E-state index in [0.717, 1.165) is 36.7 Å². The van der Waals surface area contributed by atoms with Gasteiger partial charge in [-0.2, -0.15) is 4.99 Å². The van der Waals surface area contributed by atoms with Crippen molar-refractivity contribution in [3.8, 4) is 5.75 Å². The van der Waals surface area contributed by atoms with Crippen LogP contribution in [0, 0.1) is 0 Å². The first kappa shape index (κ1) is 23.8. The number of benzene rings is 2. The van der Waals surface area contributed by atoms with Crippen LogP contribution in [-0.4, -0.2) is 53.2 Å². The molecule has 0 unspecified atom stereocenters. The Morgan fingerprint density at radius 2 is 1.91 bits per heavy atom. The molecule has 2 N–H and O–H groups in total. The van der Waals surface area contributed by atoms with Crippen molar-refractivity contribution in [3.05, 3.63) is 59.7 Å². The topological polar surface area (TPSA) is 100 Å². The van der Waals surface area contributed by atoms with E-state index in [1.807, 2.05) is 24.3 Å². The molecule has 2 aromatic rings. The number of piperidine rings is 1. The molecule has 2 heterocycles. The molecule has 2 aliphatic heterocycles. The maximum Gasteiger partial charge on any atom is 0.262 e. The molecule has 34 heavy (non-hydrogen) atoms. The van der Waals surface area contributed by atoms with E-state index < -0.39 is 5.25 Å². The Labute approximate surface area is 203 Å². The number of methoxy groups -OCH3 is 1. The maximum atomic E-state index is 12.6. The van der Waals surface area contributed by atoms with Crippen LogP contribution < -0.4 is 15.4 Å². The number of carbonyl (C=O) groups is 3. The molecule has 4 rings (SSSR count). The summed E-state index contributed by atoms with van der Waals surface area (Å²) in [6.07, 6.45) is 3.43. The fraction of sp³-hybridized carbons (Fsp3) is 0.360. The van der Waals surface area contributed by atoms with Crippen LogP contribution in [0.2, 0.25) is 0 Å². The Kier molecular flexibility index (Phi) is 7.84. The summed E-state index contributed by atoms with van der Waals surface area (Å²) in [7, 11) is 1.59. The first-order chi connectivity index (χ1) is 16.5. The Morgan fingerprint density at radius 3 is 2.71 bits per heavy atom. The number of hydrogen-bond donors (Lipinski definition) is 2. The van der Waals surface area contributed by atoms with Crippen LogP contribution in [0.1, 0.15) is 41.6 Å². The molecule has 0 spiro atoms. The molecule has 0 aliphatic carbocycles. The van der Waals surface area contributed by atoms with Gasteiger partial charge in [0.15, 0.2) is 5.17 Å². The molecule has 0 radical (unpaired) electrons. The molecular formula is C25H28N4O4S. The molecule has 2 aliphatic rings. The van der Waals surface area contributed by atoms with Gasteiger partial charge < -0.3 is 20.3 Å². The van der Waals surface area contributed by atoms with Crippen molar-refractivity contribution in [2.24, 2.45) is 4.99 Å². The molecule has 3 amide bonds. The highest BCUT2D eigenvalue weighted by molar-refractivity contribution is 8.15. The number of aliphatic imine (C=N–C) groups is 1. The standard InChI is InChI=1S/C25H28N4O4S/c1-33-20-11-4-3-8-18(20)16-26-23(31)17-9-7-10-19(14-17)27-22(30)15-21-24(32)28-25(34-21)29-12-5-2-6-13-29/h3-4,7-11,14,21H,2,5-6,12-13,15-16H2,1H3,(H,26,31)(H,27,30)/t21-/m0/s1. The molecule has 178 valence electrons. The van der Waals surface area contributed by atoms with E-state index in [1.165, 1.54) is 18.2 Å². The normalized spacial score (nSPS) is 17.8. The van der Waals surface area contributed by atoms with Gasteiger partial charge in [-0.1, -0.05) is 36.0 Å². The summed E-state index contributed by atoms with van der Waals surface area (Å²) in [5.41, 5.74) is 1.80. The Hall–Kier alpha value is -3.33. The number of amides is 3. The quantitative estimate of drug-likeness (QED) is 0.630. The van der Waals surface area contributed by atoms with Gasteiger partial charge in [-0.15, -0.1) is 0 Å². The Balaban J connectivity index is 1.30. The zero-order valence-electron chi connectivity index (χ0n) is 19.1. The van der Waals surface area contributed by atoms with E-state index in [0.29, 0.717) is 23.5 Å². The lowest BCUT2D eigenvalue weighted by Crippen LogP contribution is -2.33. The van der Waals surface area contributed by atoms with Crippen LogP contribution >= 0.6 is 11.8 Å².